The van der Waals surface area contributed by atoms with Gasteiger partial charge in [-0.15, -0.1) is 0 Å². The summed E-state index contributed by atoms with van der Waals surface area (Å²) in [6, 6.07) is 8.69. The monoisotopic (exact) mass is 245 g/mol. The Hall–Kier alpha value is -1.02. The highest BCUT2D eigenvalue weighted by Crippen LogP contribution is 2.50. The van der Waals surface area contributed by atoms with Crippen LogP contribution in [-0.4, -0.2) is 29.6 Å². The smallest absolute Gasteiger partial charge is 0.115 e. The van der Waals surface area contributed by atoms with Gasteiger partial charge >= 0.3 is 0 Å². The van der Waals surface area contributed by atoms with Gasteiger partial charge in [0.25, 0.3) is 0 Å². The summed E-state index contributed by atoms with van der Waals surface area (Å²) in [4.78, 5) is 2.53. The Bertz CT molecular complexity index is 444. The molecule has 1 saturated carbocycles. The van der Waals surface area contributed by atoms with E-state index in [9.17, 15) is 5.11 Å². The predicted octanol–water partition coefficient (Wildman–Crippen LogP) is 3.15. The van der Waals surface area contributed by atoms with Gasteiger partial charge in [-0.25, -0.2) is 0 Å². The van der Waals surface area contributed by atoms with Gasteiger partial charge in [0.15, 0.2) is 0 Å². The van der Waals surface area contributed by atoms with Crippen molar-refractivity contribution in [3.8, 4) is 5.75 Å². The standard InChI is InChI=1S/C16H23NO/c1-12-15-7-4-8-16(12,9-10-17(15)2)13-5-3-6-14(18)11-13/h3,5-6,11-12,15,18H,4,7-10H2,1-2H3/t12-,15-,16-/m1/s1. The molecule has 2 aliphatic rings. The fourth-order valence-electron chi connectivity index (χ4n) is 4.34. The van der Waals surface area contributed by atoms with E-state index in [-0.39, 0.29) is 0 Å². The van der Waals surface area contributed by atoms with Crippen molar-refractivity contribution >= 4 is 0 Å². The lowest BCUT2D eigenvalue weighted by Crippen LogP contribution is -2.56. The normalized spacial score (nSPS) is 36.6. The molecular weight excluding hydrogens is 222 g/mol. The van der Waals surface area contributed by atoms with Crippen LogP contribution in [0.15, 0.2) is 24.3 Å². The summed E-state index contributed by atoms with van der Waals surface area (Å²) in [5.74, 6) is 1.10. The average Bonchev–Trinajstić information content (AvgIpc) is 2.35. The first kappa shape index (κ1) is 12.0. The molecule has 1 aromatic rings. The van der Waals surface area contributed by atoms with Gasteiger partial charge in [0.2, 0.25) is 0 Å². The molecule has 2 heteroatoms. The number of benzene rings is 1. The van der Waals surface area contributed by atoms with Crippen molar-refractivity contribution in [3.63, 3.8) is 0 Å². The molecule has 2 bridgehead atoms. The fraction of sp³-hybridized carbons (Fsp3) is 0.625. The zero-order valence-corrected chi connectivity index (χ0v) is 11.4. The maximum Gasteiger partial charge on any atom is 0.115 e. The molecule has 0 aromatic heterocycles. The maximum atomic E-state index is 9.77. The Kier molecular flexibility index (Phi) is 2.86. The van der Waals surface area contributed by atoms with Gasteiger partial charge in [0.1, 0.15) is 5.75 Å². The number of phenolic OH excluding ortho intramolecular Hbond substituents is 1. The third-order valence-corrected chi connectivity index (χ3v) is 5.47. The summed E-state index contributed by atoms with van der Waals surface area (Å²) in [7, 11) is 2.26. The van der Waals surface area contributed by atoms with Gasteiger partial charge in [0.05, 0.1) is 0 Å². The Labute approximate surface area is 110 Å². The number of phenols is 1. The lowest BCUT2D eigenvalue weighted by atomic mass is 9.57. The van der Waals surface area contributed by atoms with E-state index in [0.717, 1.165) is 6.04 Å². The third-order valence-electron chi connectivity index (χ3n) is 5.47. The van der Waals surface area contributed by atoms with Gasteiger partial charge in [-0.05, 0) is 56.5 Å². The summed E-state index contributed by atoms with van der Waals surface area (Å²) in [5.41, 5.74) is 1.65. The highest BCUT2D eigenvalue weighted by molar-refractivity contribution is 5.35. The molecule has 1 aliphatic heterocycles. The van der Waals surface area contributed by atoms with Crippen molar-refractivity contribution in [2.75, 3.05) is 13.6 Å². The molecule has 2 fully saturated rings. The van der Waals surface area contributed by atoms with E-state index in [1.807, 2.05) is 12.1 Å². The minimum atomic E-state index is 0.300. The summed E-state index contributed by atoms with van der Waals surface area (Å²) in [6.45, 7) is 3.59. The lowest BCUT2D eigenvalue weighted by molar-refractivity contribution is 0.0126. The van der Waals surface area contributed by atoms with Crippen LogP contribution in [-0.2, 0) is 5.41 Å². The van der Waals surface area contributed by atoms with Crippen LogP contribution >= 0.6 is 0 Å². The quantitative estimate of drug-likeness (QED) is 0.821. The molecule has 1 N–H and O–H groups in total. The zero-order chi connectivity index (χ0) is 12.8. The van der Waals surface area contributed by atoms with Crippen LogP contribution in [0.1, 0.15) is 38.2 Å². The van der Waals surface area contributed by atoms with E-state index in [4.69, 9.17) is 0 Å². The van der Waals surface area contributed by atoms with E-state index in [0.29, 0.717) is 17.1 Å². The fourth-order valence-corrected chi connectivity index (χ4v) is 4.34. The molecule has 98 valence electrons. The number of rotatable bonds is 1. The zero-order valence-electron chi connectivity index (χ0n) is 11.4. The minimum absolute atomic E-state index is 0.300. The predicted molar refractivity (Wildman–Crippen MR) is 73.8 cm³/mol. The van der Waals surface area contributed by atoms with Crippen LogP contribution < -0.4 is 0 Å². The SMILES string of the molecule is C[C@@H]1[C@H]2CCC[C@@]1(c1cccc(O)c1)CCN2C. The van der Waals surface area contributed by atoms with Crippen molar-refractivity contribution in [3.05, 3.63) is 29.8 Å². The molecule has 3 atom stereocenters. The second kappa shape index (κ2) is 4.27. The molecular formula is C16H23NO. The topological polar surface area (TPSA) is 23.5 Å². The number of fused-ring (bicyclic) bond motifs is 2. The maximum absolute atomic E-state index is 9.77. The number of hydrogen-bond acceptors (Lipinski definition) is 2. The molecule has 0 radical (unpaired) electrons. The summed E-state index contributed by atoms with van der Waals surface area (Å²) >= 11 is 0. The molecule has 18 heavy (non-hydrogen) atoms. The molecule has 3 rings (SSSR count). The Morgan fingerprint density at radius 3 is 2.94 bits per heavy atom. The van der Waals surface area contributed by atoms with Crippen molar-refractivity contribution < 1.29 is 5.11 Å². The van der Waals surface area contributed by atoms with Crippen molar-refractivity contribution in [2.45, 2.75) is 44.1 Å². The number of likely N-dealkylation sites (tertiary alicyclic amines) is 1. The third kappa shape index (κ3) is 1.66. The van der Waals surface area contributed by atoms with E-state index in [1.165, 1.54) is 37.8 Å². The van der Waals surface area contributed by atoms with Crippen LogP contribution in [0.4, 0.5) is 0 Å². The minimum Gasteiger partial charge on any atom is -0.508 e. The number of hydrogen-bond donors (Lipinski definition) is 1. The molecule has 0 spiro atoms. The highest BCUT2D eigenvalue weighted by Gasteiger charge is 2.48. The first-order valence-corrected chi connectivity index (χ1v) is 7.13. The van der Waals surface area contributed by atoms with Crippen molar-refractivity contribution in [2.24, 2.45) is 5.92 Å². The highest BCUT2D eigenvalue weighted by atomic mass is 16.3. The largest absolute Gasteiger partial charge is 0.508 e. The van der Waals surface area contributed by atoms with E-state index in [1.54, 1.807) is 6.07 Å². The van der Waals surface area contributed by atoms with Gasteiger partial charge in [0, 0.05) is 11.5 Å². The summed E-state index contributed by atoms with van der Waals surface area (Å²) in [6.07, 6.45) is 5.15. The van der Waals surface area contributed by atoms with Crippen LogP contribution in [0, 0.1) is 5.92 Å². The Morgan fingerprint density at radius 1 is 1.33 bits per heavy atom. The molecule has 1 aliphatic carbocycles. The Balaban J connectivity index is 2.02. The van der Waals surface area contributed by atoms with E-state index < -0.39 is 0 Å². The number of aromatic hydroxyl groups is 1. The molecule has 0 unspecified atom stereocenters. The van der Waals surface area contributed by atoms with Gasteiger partial charge in [-0.2, -0.15) is 0 Å². The van der Waals surface area contributed by atoms with E-state index in [2.05, 4.69) is 24.9 Å². The first-order chi connectivity index (χ1) is 8.63. The van der Waals surface area contributed by atoms with Gasteiger partial charge < -0.3 is 10.0 Å². The molecule has 1 heterocycles. The van der Waals surface area contributed by atoms with Crippen LogP contribution in [0.2, 0.25) is 0 Å². The second-order valence-electron chi connectivity index (χ2n) is 6.19. The summed E-state index contributed by atoms with van der Waals surface area (Å²) < 4.78 is 0. The first-order valence-electron chi connectivity index (χ1n) is 7.13. The molecule has 0 amide bonds. The second-order valence-corrected chi connectivity index (χ2v) is 6.19. The Morgan fingerprint density at radius 2 is 2.17 bits per heavy atom. The van der Waals surface area contributed by atoms with Crippen molar-refractivity contribution in [1.29, 1.82) is 0 Å². The van der Waals surface area contributed by atoms with Crippen LogP contribution in [0.3, 0.4) is 0 Å². The molecule has 1 aromatic carbocycles. The summed E-state index contributed by atoms with van der Waals surface area (Å²) in [5, 5.41) is 9.77. The molecule has 2 nitrogen and oxygen atoms in total. The molecule has 1 saturated heterocycles. The number of piperidine rings is 1. The van der Waals surface area contributed by atoms with Crippen LogP contribution in [0.5, 0.6) is 5.75 Å². The lowest BCUT2D eigenvalue weighted by Gasteiger charge is -2.55. The average molecular weight is 245 g/mol. The van der Waals surface area contributed by atoms with Gasteiger partial charge in [-0.3, -0.25) is 0 Å². The number of nitrogens with zero attached hydrogens (tertiary/aromatic N) is 1. The van der Waals surface area contributed by atoms with Gasteiger partial charge in [-0.1, -0.05) is 25.5 Å². The van der Waals surface area contributed by atoms with Crippen LogP contribution in [0.25, 0.3) is 0 Å². The van der Waals surface area contributed by atoms with Crippen molar-refractivity contribution in [1.82, 2.24) is 4.90 Å². The van der Waals surface area contributed by atoms with E-state index >= 15 is 0 Å².